The monoisotopic (exact) mass is 493 g/mol. The van der Waals surface area contributed by atoms with Crippen LogP contribution in [0.4, 0.5) is 0 Å². The number of hydrogen-bond donors (Lipinski definition) is 1. The zero-order valence-corrected chi connectivity index (χ0v) is 19.6. The second-order valence-corrected chi connectivity index (χ2v) is 8.96. The number of thioether (sulfide) groups is 1. The highest BCUT2D eigenvalue weighted by molar-refractivity contribution is 7.99. The van der Waals surface area contributed by atoms with E-state index in [0.717, 1.165) is 24.0 Å². The van der Waals surface area contributed by atoms with Crippen molar-refractivity contribution in [3.8, 4) is 23.0 Å². The van der Waals surface area contributed by atoms with Crippen LogP contribution in [-0.2, 0) is 4.79 Å². The van der Waals surface area contributed by atoms with Crippen LogP contribution in [-0.4, -0.2) is 35.2 Å². The lowest BCUT2D eigenvalue weighted by Crippen LogP contribution is -2.30. The maximum absolute atomic E-state index is 12.4. The largest absolute Gasteiger partial charge is 0.454 e. The van der Waals surface area contributed by atoms with E-state index >= 15 is 0 Å². The second-order valence-electron chi connectivity index (χ2n) is 7.19. The maximum atomic E-state index is 12.4. The number of nitrogens with zero attached hydrogens (tertiary/aromatic N) is 2. The van der Waals surface area contributed by atoms with Gasteiger partial charge in [-0.2, -0.15) is 0 Å². The van der Waals surface area contributed by atoms with Crippen molar-refractivity contribution in [3.63, 3.8) is 0 Å². The van der Waals surface area contributed by atoms with E-state index < -0.39 is 0 Å². The Labute approximate surface area is 199 Å². The number of benzene rings is 2. The lowest BCUT2D eigenvalue weighted by molar-refractivity contribution is -0.118. The smallest absolute Gasteiger partial charge is 0.277 e. The zero-order chi connectivity index (χ0) is 22.5. The Balaban J connectivity index is 1.31. The summed E-state index contributed by atoms with van der Waals surface area (Å²) in [6, 6.07) is 10.9. The summed E-state index contributed by atoms with van der Waals surface area (Å²) < 4.78 is 16.3. The Bertz CT molecular complexity index is 1110. The Morgan fingerprint density at radius 1 is 1.16 bits per heavy atom. The maximum Gasteiger partial charge on any atom is 0.277 e. The van der Waals surface area contributed by atoms with Crippen LogP contribution in [0.25, 0.3) is 11.5 Å². The summed E-state index contributed by atoms with van der Waals surface area (Å²) >= 11 is 13.5. The normalized spacial score (nSPS) is 13.2. The van der Waals surface area contributed by atoms with Gasteiger partial charge in [-0.05, 0) is 42.3 Å². The Morgan fingerprint density at radius 2 is 2.00 bits per heavy atom. The number of ether oxygens (including phenoxy) is 2. The van der Waals surface area contributed by atoms with Crippen molar-refractivity contribution in [1.82, 2.24) is 15.5 Å². The molecule has 0 bridgehead atoms. The molecule has 0 spiro atoms. The minimum absolute atomic E-state index is 0.111. The highest BCUT2D eigenvalue weighted by Gasteiger charge is 2.18. The van der Waals surface area contributed by atoms with Gasteiger partial charge in [-0.15, -0.1) is 10.2 Å². The highest BCUT2D eigenvalue weighted by Crippen LogP contribution is 2.36. The molecule has 1 N–H and O–H groups in total. The Hall–Kier alpha value is -2.42. The van der Waals surface area contributed by atoms with Crippen molar-refractivity contribution >= 4 is 40.9 Å². The van der Waals surface area contributed by atoms with Gasteiger partial charge in [0.2, 0.25) is 18.6 Å². The predicted molar refractivity (Wildman–Crippen MR) is 124 cm³/mol. The quantitative estimate of drug-likeness (QED) is 0.390. The van der Waals surface area contributed by atoms with E-state index in [9.17, 15) is 4.79 Å². The second kappa shape index (κ2) is 10.5. The van der Waals surface area contributed by atoms with Gasteiger partial charge in [0.05, 0.1) is 5.75 Å². The summed E-state index contributed by atoms with van der Waals surface area (Å²) in [4.78, 5) is 12.4. The molecule has 2 aromatic carbocycles. The average molecular weight is 494 g/mol. The molecule has 1 aliphatic rings. The van der Waals surface area contributed by atoms with Crippen LogP contribution in [0.2, 0.25) is 10.0 Å². The van der Waals surface area contributed by atoms with Crippen molar-refractivity contribution < 1.29 is 18.7 Å². The van der Waals surface area contributed by atoms with Crippen LogP contribution in [0, 0.1) is 0 Å². The lowest BCUT2D eigenvalue weighted by Gasteiger charge is -2.19. The van der Waals surface area contributed by atoms with Gasteiger partial charge in [0.25, 0.3) is 5.22 Å². The average Bonchev–Trinajstić information content (AvgIpc) is 3.44. The molecule has 4 rings (SSSR count). The number of fused-ring (bicyclic) bond motifs is 1. The summed E-state index contributed by atoms with van der Waals surface area (Å²) in [6.45, 7) is 2.78. The van der Waals surface area contributed by atoms with Crippen molar-refractivity contribution in [2.75, 3.05) is 19.1 Å². The third-order valence-corrected chi connectivity index (χ3v) is 6.32. The number of amides is 1. The van der Waals surface area contributed by atoms with E-state index in [4.69, 9.17) is 37.1 Å². The molecule has 168 valence electrons. The van der Waals surface area contributed by atoms with Crippen LogP contribution in [0.3, 0.4) is 0 Å². The summed E-state index contributed by atoms with van der Waals surface area (Å²) in [7, 11) is 0. The molecular weight excluding hydrogens is 473 g/mol. The van der Waals surface area contributed by atoms with Gasteiger partial charge in [-0.3, -0.25) is 4.79 Å². The number of aromatic nitrogens is 2. The minimum atomic E-state index is -0.121. The number of carbonyl (C=O) groups is 1. The third-order valence-electron chi connectivity index (χ3n) is 4.94. The topological polar surface area (TPSA) is 86.5 Å². The lowest BCUT2D eigenvalue weighted by atomic mass is 9.94. The van der Waals surface area contributed by atoms with Crippen molar-refractivity contribution in [2.45, 2.75) is 30.9 Å². The predicted octanol–water partition coefficient (Wildman–Crippen LogP) is 5.56. The van der Waals surface area contributed by atoms with Crippen molar-refractivity contribution in [2.24, 2.45) is 0 Å². The van der Waals surface area contributed by atoms with Gasteiger partial charge in [0.1, 0.15) is 0 Å². The molecule has 0 saturated carbocycles. The summed E-state index contributed by atoms with van der Waals surface area (Å²) in [5.74, 6) is 1.82. The fourth-order valence-electron chi connectivity index (χ4n) is 3.38. The molecule has 1 aliphatic heterocycles. The molecule has 1 atom stereocenters. The van der Waals surface area contributed by atoms with Crippen LogP contribution in [0.5, 0.6) is 11.5 Å². The molecule has 10 heteroatoms. The number of hydrogen-bond acceptors (Lipinski definition) is 7. The SMILES string of the molecule is CCC[C@H](CNC(=O)CSc1nnc(-c2ccc3c(c2)OCO3)o1)c1ccc(Cl)cc1Cl. The molecule has 0 aliphatic carbocycles. The number of halogens is 2. The fourth-order valence-corrected chi connectivity index (χ4v) is 4.53. The van der Waals surface area contributed by atoms with Gasteiger partial charge in [0, 0.05) is 28.1 Å². The van der Waals surface area contributed by atoms with Crippen molar-refractivity contribution in [3.05, 3.63) is 52.0 Å². The molecule has 2 heterocycles. The van der Waals surface area contributed by atoms with Gasteiger partial charge in [-0.1, -0.05) is 54.4 Å². The first kappa shape index (κ1) is 22.8. The van der Waals surface area contributed by atoms with Crippen LogP contribution < -0.4 is 14.8 Å². The first-order chi connectivity index (χ1) is 15.5. The van der Waals surface area contributed by atoms with E-state index in [1.165, 1.54) is 11.8 Å². The van der Waals surface area contributed by atoms with Crippen molar-refractivity contribution in [1.29, 1.82) is 0 Å². The van der Waals surface area contributed by atoms with E-state index in [1.807, 2.05) is 18.2 Å². The highest BCUT2D eigenvalue weighted by atomic mass is 35.5. The number of carbonyl (C=O) groups excluding carboxylic acids is 1. The van der Waals surface area contributed by atoms with Crippen LogP contribution >= 0.6 is 35.0 Å². The number of rotatable bonds is 9. The Morgan fingerprint density at radius 3 is 2.81 bits per heavy atom. The van der Waals surface area contributed by atoms with Gasteiger partial charge < -0.3 is 19.2 Å². The minimum Gasteiger partial charge on any atom is -0.454 e. The van der Waals surface area contributed by atoms with E-state index in [2.05, 4.69) is 22.4 Å². The number of nitrogens with one attached hydrogen (secondary N) is 1. The molecule has 0 radical (unpaired) electrons. The molecule has 32 heavy (non-hydrogen) atoms. The molecule has 0 saturated heterocycles. The van der Waals surface area contributed by atoms with E-state index in [1.54, 1.807) is 18.2 Å². The van der Waals surface area contributed by atoms with E-state index in [-0.39, 0.29) is 24.4 Å². The molecule has 1 amide bonds. The molecule has 7 nitrogen and oxygen atoms in total. The van der Waals surface area contributed by atoms with Gasteiger partial charge in [0.15, 0.2) is 11.5 Å². The summed E-state index contributed by atoms with van der Waals surface area (Å²) in [5.41, 5.74) is 1.71. The third kappa shape index (κ3) is 5.49. The molecule has 0 unspecified atom stereocenters. The summed E-state index contributed by atoms with van der Waals surface area (Å²) in [5, 5.41) is 12.6. The van der Waals surface area contributed by atoms with E-state index in [0.29, 0.717) is 39.2 Å². The summed E-state index contributed by atoms with van der Waals surface area (Å²) in [6.07, 6.45) is 1.87. The molecule has 3 aromatic rings. The van der Waals surface area contributed by atoms with Gasteiger partial charge >= 0.3 is 0 Å². The first-order valence-electron chi connectivity index (χ1n) is 10.1. The molecular formula is C22H21Cl2N3O4S. The van der Waals surface area contributed by atoms with Crippen LogP contribution in [0.1, 0.15) is 31.2 Å². The Kier molecular flexibility index (Phi) is 7.44. The first-order valence-corrected chi connectivity index (χ1v) is 11.9. The standard InChI is InChI=1S/C22H21Cl2N3O4S/c1-2-3-14(16-6-5-15(23)9-17(16)24)10-25-20(28)11-32-22-27-26-21(31-22)13-4-7-18-19(8-13)30-12-29-18/h4-9,14H,2-3,10-12H2,1H3,(H,25,28)/t14-/m1/s1. The molecule has 0 fully saturated rings. The zero-order valence-electron chi connectivity index (χ0n) is 17.3. The molecule has 1 aromatic heterocycles. The van der Waals surface area contributed by atoms with Gasteiger partial charge in [-0.25, -0.2) is 0 Å². The van der Waals surface area contributed by atoms with Crippen LogP contribution in [0.15, 0.2) is 46.0 Å². The fraction of sp³-hybridized carbons (Fsp3) is 0.318.